The summed E-state index contributed by atoms with van der Waals surface area (Å²) in [5.74, 6) is 2.30. The zero-order valence-corrected chi connectivity index (χ0v) is 12.2. The molecule has 0 fully saturated rings. The standard InChI is InChI=1S/C13H18ClN5/c1-4-7-15-8-12-11(14)5-6-13(17-12)19-10(3)16-9(2)18-19/h5-6,15H,4,7-8H2,1-3H3. The molecule has 2 aromatic heterocycles. The third-order valence-electron chi connectivity index (χ3n) is 2.72. The Balaban J connectivity index is 2.27. The van der Waals surface area contributed by atoms with Gasteiger partial charge in [0.1, 0.15) is 11.6 Å². The molecule has 0 bridgehead atoms. The topological polar surface area (TPSA) is 55.6 Å². The van der Waals surface area contributed by atoms with E-state index in [0.29, 0.717) is 11.6 Å². The summed E-state index contributed by atoms with van der Waals surface area (Å²) >= 11 is 6.16. The number of aryl methyl sites for hydroxylation is 2. The van der Waals surface area contributed by atoms with Crippen molar-refractivity contribution in [3.8, 4) is 5.82 Å². The first-order valence-electron chi connectivity index (χ1n) is 6.38. The van der Waals surface area contributed by atoms with Crippen LogP contribution in [-0.4, -0.2) is 26.3 Å². The molecule has 0 spiro atoms. The van der Waals surface area contributed by atoms with Crippen LogP contribution in [0.25, 0.3) is 5.82 Å². The minimum Gasteiger partial charge on any atom is -0.311 e. The predicted octanol–water partition coefficient (Wildman–Crippen LogP) is 2.43. The molecule has 2 rings (SSSR count). The summed E-state index contributed by atoms with van der Waals surface area (Å²) in [5.41, 5.74) is 0.833. The fourth-order valence-electron chi connectivity index (χ4n) is 1.84. The molecule has 0 aliphatic carbocycles. The molecule has 102 valence electrons. The molecule has 0 amide bonds. The summed E-state index contributed by atoms with van der Waals surface area (Å²) in [5, 5.41) is 8.29. The van der Waals surface area contributed by atoms with Crippen LogP contribution in [0.4, 0.5) is 0 Å². The molecule has 0 saturated heterocycles. The predicted molar refractivity (Wildman–Crippen MR) is 75.6 cm³/mol. The maximum atomic E-state index is 6.16. The summed E-state index contributed by atoms with van der Waals surface area (Å²) < 4.78 is 1.73. The van der Waals surface area contributed by atoms with Crippen LogP contribution in [0.2, 0.25) is 5.02 Å². The van der Waals surface area contributed by atoms with Gasteiger partial charge in [0.15, 0.2) is 5.82 Å². The van der Waals surface area contributed by atoms with Crippen LogP contribution in [0.1, 0.15) is 30.7 Å². The summed E-state index contributed by atoms with van der Waals surface area (Å²) in [7, 11) is 0. The van der Waals surface area contributed by atoms with E-state index in [1.54, 1.807) is 4.68 Å². The van der Waals surface area contributed by atoms with Crippen LogP contribution in [0, 0.1) is 13.8 Å². The molecule has 0 aromatic carbocycles. The van der Waals surface area contributed by atoms with Crippen molar-refractivity contribution in [1.29, 1.82) is 0 Å². The fraction of sp³-hybridized carbons (Fsp3) is 0.462. The van der Waals surface area contributed by atoms with Crippen molar-refractivity contribution in [3.05, 3.63) is 34.5 Å². The molecule has 0 atom stereocenters. The Morgan fingerprint density at radius 1 is 1.26 bits per heavy atom. The number of nitrogens with zero attached hydrogens (tertiary/aromatic N) is 4. The molecule has 0 aliphatic rings. The number of aromatic nitrogens is 4. The van der Waals surface area contributed by atoms with Crippen LogP contribution in [-0.2, 0) is 6.54 Å². The van der Waals surface area contributed by atoms with Gasteiger partial charge in [0.2, 0.25) is 0 Å². The number of nitrogens with one attached hydrogen (secondary N) is 1. The first kappa shape index (κ1) is 14.0. The van der Waals surface area contributed by atoms with E-state index in [0.717, 1.165) is 36.1 Å². The average Bonchev–Trinajstić information content (AvgIpc) is 2.71. The zero-order valence-electron chi connectivity index (χ0n) is 11.4. The van der Waals surface area contributed by atoms with Gasteiger partial charge in [0.25, 0.3) is 0 Å². The molecule has 19 heavy (non-hydrogen) atoms. The van der Waals surface area contributed by atoms with Gasteiger partial charge in [0, 0.05) is 6.54 Å². The molecule has 0 saturated carbocycles. The van der Waals surface area contributed by atoms with E-state index in [1.807, 2.05) is 26.0 Å². The quantitative estimate of drug-likeness (QED) is 0.854. The SMILES string of the molecule is CCCNCc1nc(-n2nc(C)nc2C)ccc1Cl. The molecule has 5 nitrogen and oxygen atoms in total. The highest BCUT2D eigenvalue weighted by atomic mass is 35.5. The van der Waals surface area contributed by atoms with Gasteiger partial charge in [-0.2, -0.15) is 4.68 Å². The van der Waals surface area contributed by atoms with Crippen molar-refractivity contribution in [2.75, 3.05) is 6.54 Å². The van der Waals surface area contributed by atoms with E-state index < -0.39 is 0 Å². The lowest BCUT2D eigenvalue weighted by molar-refractivity contribution is 0.660. The van der Waals surface area contributed by atoms with E-state index in [1.165, 1.54) is 0 Å². The highest BCUT2D eigenvalue weighted by Crippen LogP contribution is 2.16. The van der Waals surface area contributed by atoms with Gasteiger partial charge in [-0.1, -0.05) is 18.5 Å². The lowest BCUT2D eigenvalue weighted by atomic mass is 10.3. The third-order valence-corrected chi connectivity index (χ3v) is 3.06. The molecule has 1 N–H and O–H groups in total. The minimum atomic E-state index is 0.660. The highest BCUT2D eigenvalue weighted by Gasteiger charge is 2.09. The first-order valence-corrected chi connectivity index (χ1v) is 6.76. The third kappa shape index (κ3) is 3.30. The fourth-order valence-corrected chi connectivity index (χ4v) is 2.01. The van der Waals surface area contributed by atoms with E-state index >= 15 is 0 Å². The van der Waals surface area contributed by atoms with Gasteiger partial charge in [-0.05, 0) is 38.9 Å². The summed E-state index contributed by atoms with van der Waals surface area (Å²) in [6.45, 7) is 7.51. The van der Waals surface area contributed by atoms with Gasteiger partial charge in [-0.15, -0.1) is 5.10 Å². The number of halogens is 1. The Hall–Kier alpha value is -1.46. The van der Waals surface area contributed by atoms with Crippen LogP contribution in [0.5, 0.6) is 0 Å². The van der Waals surface area contributed by atoms with Crippen LogP contribution in [0.15, 0.2) is 12.1 Å². The molecule has 0 aliphatic heterocycles. The zero-order chi connectivity index (χ0) is 13.8. The lowest BCUT2D eigenvalue weighted by Gasteiger charge is -2.08. The first-order chi connectivity index (χ1) is 9.11. The Morgan fingerprint density at radius 2 is 2.05 bits per heavy atom. The summed E-state index contributed by atoms with van der Waals surface area (Å²) in [4.78, 5) is 8.83. The van der Waals surface area contributed by atoms with E-state index in [-0.39, 0.29) is 0 Å². The molecule has 2 aromatic rings. The van der Waals surface area contributed by atoms with E-state index in [2.05, 4.69) is 27.3 Å². The summed E-state index contributed by atoms with van der Waals surface area (Å²) in [6.07, 6.45) is 1.08. The Bertz CT molecular complexity index is 564. The Morgan fingerprint density at radius 3 is 2.68 bits per heavy atom. The maximum absolute atomic E-state index is 6.16. The van der Waals surface area contributed by atoms with Gasteiger partial charge >= 0.3 is 0 Å². The van der Waals surface area contributed by atoms with Gasteiger partial charge in [-0.25, -0.2) is 9.97 Å². The van der Waals surface area contributed by atoms with Crippen molar-refractivity contribution in [2.45, 2.75) is 33.7 Å². The van der Waals surface area contributed by atoms with Gasteiger partial charge in [-0.3, -0.25) is 0 Å². The monoisotopic (exact) mass is 279 g/mol. The summed E-state index contributed by atoms with van der Waals surface area (Å²) in [6, 6.07) is 3.70. The van der Waals surface area contributed by atoms with Crippen molar-refractivity contribution in [1.82, 2.24) is 25.1 Å². The van der Waals surface area contributed by atoms with Crippen LogP contribution >= 0.6 is 11.6 Å². The number of hydrogen-bond donors (Lipinski definition) is 1. The Labute approximate surface area is 118 Å². The Kier molecular flexibility index (Phi) is 4.50. The van der Waals surface area contributed by atoms with Crippen molar-refractivity contribution in [2.24, 2.45) is 0 Å². The average molecular weight is 280 g/mol. The van der Waals surface area contributed by atoms with Gasteiger partial charge in [0.05, 0.1) is 10.7 Å². The van der Waals surface area contributed by atoms with Crippen molar-refractivity contribution >= 4 is 11.6 Å². The molecule has 0 radical (unpaired) electrons. The lowest BCUT2D eigenvalue weighted by Crippen LogP contribution is -2.16. The molecule has 2 heterocycles. The van der Waals surface area contributed by atoms with Gasteiger partial charge < -0.3 is 5.32 Å². The number of pyridine rings is 1. The second-order valence-corrected chi connectivity index (χ2v) is 4.80. The highest BCUT2D eigenvalue weighted by molar-refractivity contribution is 6.31. The van der Waals surface area contributed by atoms with Crippen molar-refractivity contribution in [3.63, 3.8) is 0 Å². The smallest absolute Gasteiger partial charge is 0.155 e. The van der Waals surface area contributed by atoms with E-state index in [9.17, 15) is 0 Å². The molecular formula is C13H18ClN5. The van der Waals surface area contributed by atoms with Crippen LogP contribution in [0.3, 0.4) is 0 Å². The van der Waals surface area contributed by atoms with Crippen molar-refractivity contribution < 1.29 is 0 Å². The molecule has 0 unspecified atom stereocenters. The second kappa shape index (κ2) is 6.12. The number of rotatable bonds is 5. The largest absolute Gasteiger partial charge is 0.311 e. The minimum absolute atomic E-state index is 0.660. The normalized spacial score (nSPS) is 10.9. The van der Waals surface area contributed by atoms with E-state index in [4.69, 9.17) is 11.6 Å². The second-order valence-electron chi connectivity index (χ2n) is 4.39. The number of hydrogen-bond acceptors (Lipinski definition) is 4. The van der Waals surface area contributed by atoms with Crippen LogP contribution < -0.4 is 5.32 Å². The molecule has 6 heteroatoms. The molecular weight excluding hydrogens is 262 g/mol. The maximum Gasteiger partial charge on any atom is 0.155 e.